The van der Waals surface area contributed by atoms with Crippen LogP contribution in [0.25, 0.3) is 0 Å². The summed E-state index contributed by atoms with van der Waals surface area (Å²) in [5.74, 6) is 0.509. The van der Waals surface area contributed by atoms with Gasteiger partial charge in [0.25, 0.3) is 0 Å². The monoisotopic (exact) mass is 366 g/mol. The number of amides is 1. The first-order valence-corrected chi connectivity index (χ1v) is 7.70. The summed E-state index contributed by atoms with van der Waals surface area (Å²) in [7, 11) is 1.54. The molecule has 0 fully saturated rings. The van der Waals surface area contributed by atoms with E-state index in [4.69, 9.17) is 10.5 Å². The summed E-state index contributed by atoms with van der Waals surface area (Å²) in [6.45, 7) is 0.891. The van der Waals surface area contributed by atoms with Crippen molar-refractivity contribution in [2.75, 3.05) is 19.0 Å². The molecule has 22 heavy (non-hydrogen) atoms. The van der Waals surface area contributed by atoms with Crippen molar-refractivity contribution in [3.63, 3.8) is 0 Å². The number of halogens is 1. The highest BCUT2D eigenvalue weighted by Gasteiger charge is 2.13. The Morgan fingerprint density at radius 3 is 2.77 bits per heavy atom. The quantitative estimate of drug-likeness (QED) is 0.784. The highest BCUT2D eigenvalue weighted by molar-refractivity contribution is 9.10. The minimum absolute atomic E-state index is 0.144. The van der Waals surface area contributed by atoms with Crippen LogP contribution in [-0.2, 0) is 16.1 Å². The molecule has 0 spiro atoms. The number of ether oxygens (including phenoxy) is 1. The van der Waals surface area contributed by atoms with Crippen LogP contribution in [-0.4, -0.2) is 35.4 Å². The van der Waals surface area contributed by atoms with E-state index >= 15 is 0 Å². The molecule has 0 aliphatic heterocycles. The van der Waals surface area contributed by atoms with Gasteiger partial charge in [-0.05, 0) is 17.7 Å². The average molecular weight is 367 g/mol. The number of hydrogen-bond donors (Lipinski definition) is 2. The van der Waals surface area contributed by atoms with Crippen LogP contribution >= 0.6 is 15.9 Å². The SMILES string of the molecule is COC(CN)CC(=O)Nc1ccnn1Cc1ccc(Br)cc1. The van der Waals surface area contributed by atoms with E-state index < -0.39 is 0 Å². The topological polar surface area (TPSA) is 82.2 Å². The minimum atomic E-state index is -0.275. The van der Waals surface area contributed by atoms with Gasteiger partial charge in [-0.3, -0.25) is 4.79 Å². The number of methoxy groups -OCH3 is 1. The normalized spacial score (nSPS) is 12.1. The molecule has 1 unspecified atom stereocenters. The number of carbonyl (C=O) groups is 1. The molecule has 7 heteroatoms. The second-order valence-corrected chi connectivity index (χ2v) is 5.76. The number of rotatable bonds is 7. The predicted molar refractivity (Wildman–Crippen MR) is 88.6 cm³/mol. The van der Waals surface area contributed by atoms with Crippen molar-refractivity contribution < 1.29 is 9.53 Å². The van der Waals surface area contributed by atoms with Crippen molar-refractivity contribution in [1.29, 1.82) is 0 Å². The molecule has 0 aliphatic carbocycles. The second kappa shape index (κ2) is 8.07. The number of aromatic nitrogens is 2. The number of nitrogens with one attached hydrogen (secondary N) is 1. The van der Waals surface area contributed by atoms with Crippen molar-refractivity contribution in [2.24, 2.45) is 5.73 Å². The van der Waals surface area contributed by atoms with Crippen LogP contribution in [0.4, 0.5) is 5.82 Å². The zero-order valence-corrected chi connectivity index (χ0v) is 13.9. The fraction of sp³-hybridized carbons (Fsp3) is 0.333. The molecular formula is C15H19BrN4O2. The van der Waals surface area contributed by atoms with E-state index in [0.29, 0.717) is 18.9 Å². The third-order valence-electron chi connectivity index (χ3n) is 3.24. The molecule has 0 saturated heterocycles. The molecule has 1 amide bonds. The van der Waals surface area contributed by atoms with Gasteiger partial charge in [-0.25, -0.2) is 4.68 Å². The van der Waals surface area contributed by atoms with Gasteiger partial charge in [0.05, 0.1) is 25.3 Å². The molecule has 3 N–H and O–H groups in total. The van der Waals surface area contributed by atoms with Crippen LogP contribution < -0.4 is 11.1 Å². The van der Waals surface area contributed by atoms with Crippen LogP contribution in [0.5, 0.6) is 0 Å². The van der Waals surface area contributed by atoms with E-state index in [-0.39, 0.29) is 18.4 Å². The largest absolute Gasteiger partial charge is 0.380 e. The molecule has 1 aromatic heterocycles. The molecule has 1 aromatic carbocycles. The fourth-order valence-electron chi connectivity index (χ4n) is 1.99. The van der Waals surface area contributed by atoms with Gasteiger partial charge in [-0.15, -0.1) is 0 Å². The maximum Gasteiger partial charge on any atom is 0.228 e. The molecule has 2 rings (SSSR count). The van der Waals surface area contributed by atoms with Crippen LogP contribution in [0.1, 0.15) is 12.0 Å². The number of carbonyl (C=O) groups excluding carboxylic acids is 1. The van der Waals surface area contributed by atoms with Crippen molar-refractivity contribution in [3.05, 3.63) is 46.6 Å². The van der Waals surface area contributed by atoms with Crippen molar-refractivity contribution in [3.8, 4) is 0 Å². The van der Waals surface area contributed by atoms with E-state index in [1.165, 1.54) is 0 Å². The Hall–Kier alpha value is -1.70. The van der Waals surface area contributed by atoms with E-state index in [9.17, 15) is 4.79 Å². The lowest BCUT2D eigenvalue weighted by molar-refractivity contribution is -0.118. The summed E-state index contributed by atoms with van der Waals surface area (Å²) in [6, 6.07) is 9.73. The lowest BCUT2D eigenvalue weighted by Gasteiger charge is -2.13. The Balaban J connectivity index is 2.00. The van der Waals surface area contributed by atoms with Gasteiger partial charge < -0.3 is 15.8 Å². The fourth-order valence-corrected chi connectivity index (χ4v) is 2.26. The van der Waals surface area contributed by atoms with Gasteiger partial charge in [0.15, 0.2) is 0 Å². The smallest absolute Gasteiger partial charge is 0.228 e. The standard InChI is InChI=1S/C15H19BrN4O2/c1-22-13(9-17)8-15(21)19-14-6-7-18-20(14)10-11-2-4-12(16)5-3-11/h2-7,13H,8-10,17H2,1H3,(H,19,21). The highest BCUT2D eigenvalue weighted by atomic mass is 79.9. The van der Waals surface area contributed by atoms with Gasteiger partial charge in [0.1, 0.15) is 5.82 Å². The molecule has 6 nitrogen and oxygen atoms in total. The van der Waals surface area contributed by atoms with Gasteiger partial charge in [0, 0.05) is 24.2 Å². The zero-order valence-electron chi connectivity index (χ0n) is 12.3. The Bertz CT molecular complexity index is 608. The van der Waals surface area contributed by atoms with Gasteiger partial charge >= 0.3 is 0 Å². The summed E-state index contributed by atoms with van der Waals surface area (Å²) in [4.78, 5) is 12.0. The maximum absolute atomic E-state index is 12.0. The van der Waals surface area contributed by atoms with Gasteiger partial charge in [-0.2, -0.15) is 5.10 Å². The number of nitrogens with two attached hydrogens (primary N) is 1. The van der Waals surface area contributed by atoms with Gasteiger partial charge in [-0.1, -0.05) is 28.1 Å². The molecule has 0 aliphatic rings. The Morgan fingerprint density at radius 1 is 1.41 bits per heavy atom. The van der Waals surface area contributed by atoms with Crippen molar-refractivity contribution in [1.82, 2.24) is 9.78 Å². The van der Waals surface area contributed by atoms with Crippen LogP contribution in [0.15, 0.2) is 41.0 Å². The molecule has 118 valence electrons. The number of anilines is 1. The van der Waals surface area contributed by atoms with Crippen LogP contribution in [0.3, 0.4) is 0 Å². The maximum atomic E-state index is 12.0. The van der Waals surface area contributed by atoms with Crippen molar-refractivity contribution in [2.45, 2.75) is 19.1 Å². The zero-order chi connectivity index (χ0) is 15.9. The third-order valence-corrected chi connectivity index (χ3v) is 3.77. The first-order chi connectivity index (χ1) is 10.6. The van der Waals surface area contributed by atoms with Crippen molar-refractivity contribution >= 4 is 27.7 Å². The first kappa shape index (κ1) is 16.7. The summed E-state index contributed by atoms with van der Waals surface area (Å²) in [6.07, 6.45) is 1.60. The lowest BCUT2D eigenvalue weighted by Crippen LogP contribution is -2.28. The highest BCUT2D eigenvalue weighted by Crippen LogP contribution is 2.14. The number of nitrogens with zero attached hydrogens (tertiary/aromatic N) is 2. The summed E-state index contributed by atoms with van der Waals surface area (Å²) in [5.41, 5.74) is 6.62. The average Bonchev–Trinajstić information content (AvgIpc) is 2.94. The summed E-state index contributed by atoms with van der Waals surface area (Å²) in [5, 5.41) is 7.08. The molecule has 0 bridgehead atoms. The van der Waals surface area contributed by atoms with Crippen LogP contribution in [0.2, 0.25) is 0 Å². The van der Waals surface area contributed by atoms with E-state index in [1.807, 2.05) is 24.3 Å². The molecule has 0 saturated carbocycles. The Morgan fingerprint density at radius 2 is 2.14 bits per heavy atom. The lowest BCUT2D eigenvalue weighted by atomic mass is 10.2. The van der Waals surface area contributed by atoms with Gasteiger partial charge in [0.2, 0.25) is 5.91 Å². The Labute approximate surface area is 137 Å². The number of benzene rings is 1. The molecule has 2 aromatic rings. The Kier molecular flexibility index (Phi) is 6.11. The summed E-state index contributed by atoms with van der Waals surface area (Å²) >= 11 is 3.41. The molecule has 1 atom stereocenters. The first-order valence-electron chi connectivity index (χ1n) is 6.91. The van der Waals surface area contributed by atoms with E-state index in [0.717, 1.165) is 10.0 Å². The van der Waals surface area contributed by atoms with E-state index in [1.54, 1.807) is 24.1 Å². The summed E-state index contributed by atoms with van der Waals surface area (Å²) < 4.78 is 7.88. The third kappa shape index (κ3) is 4.66. The molecule has 0 radical (unpaired) electrons. The van der Waals surface area contributed by atoms with Crippen LogP contribution in [0, 0.1) is 0 Å². The molecule has 1 heterocycles. The minimum Gasteiger partial charge on any atom is -0.380 e. The second-order valence-electron chi connectivity index (χ2n) is 4.85. The molecular weight excluding hydrogens is 348 g/mol. The number of hydrogen-bond acceptors (Lipinski definition) is 4. The van der Waals surface area contributed by atoms with E-state index in [2.05, 4.69) is 26.3 Å². The predicted octanol–water partition coefficient (Wildman–Crippen LogP) is 2.00.